The maximum absolute atomic E-state index is 9.93. The summed E-state index contributed by atoms with van der Waals surface area (Å²) >= 11 is 12.2. The van der Waals surface area contributed by atoms with Crippen LogP contribution in [0, 0.1) is 6.92 Å². The summed E-state index contributed by atoms with van der Waals surface area (Å²) in [6, 6.07) is 1.81. The minimum Gasteiger partial charge on any atom is -0.387 e. The Morgan fingerprint density at radius 2 is 2.12 bits per heavy atom. The van der Waals surface area contributed by atoms with E-state index in [1.807, 2.05) is 19.9 Å². The number of likely N-dealkylation sites (tertiary alicyclic amines) is 1. The second-order valence-electron chi connectivity index (χ2n) is 4.74. The van der Waals surface area contributed by atoms with E-state index >= 15 is 0 Å². The second-order valence-corrected chi connectivity index (χ2v) is 5.50. The maximum Gasteiger partial charge on any atom is 0.135 e. The number of β-amino-alcohol motifs (C(OH)–C–C–N with tert-alkyl or cyclic N) is 1. The van der Waals surface area contributed by atoms with E-state index < -0.39 is 5.60 Å². The molecule has 1 aromatic heterocycles. The minimum absolute atomic E-state index is 0.460. The molecule has 2 heterocycles. The Hall–Kier alpha value is -0.350. The van der Waals surface area contributed by atoms with Crippen LogP contribution >= 0.6 is 23.2 Å². The van der Waals surface area contributed by atoms with Crippen molar-refractivity contribution >= 4 is 23.2 Å². The molecule has 0 aliphatic carbocycles. The van der Waals surface area contributed by atoms with E-state index in [2.05, 4.69) is 9.88 Å². The number of hydrogen-bond donors (Lipinski definition) is 1. The molecule has 5 heteroatoms. The third-order valence-electron chi connectivity index (χ3n) is 3.22. The molecule has 3 nitrogen and oxygen atoms in total. The Morgan fingerprint density at radius 1 is 1.47 bits per heavy atom. The number of halogens is 2. The topological polar surface area (TPSA) is 36.4 Å². The fraction of sp³-hybridized carbons (Fsp3) is 0.583. The summed E-state index contributed by atoms with van der Waals surface area (Å²) in [5.41, 5.74) is 1.13. The molecule has 0 spiro atoms. The summed E-state index contributed by atoms with van der Waals surface area (Å²) in [4.78, 5) is 6.31. The predicted molar refractivity (Wildman–Crippen MR) is 69.5 cm³/mol. The van der Waals surface area contributed by atoms with Crippen LogP contribution in [0.15, 0.2) is 6.07 Å². The van der Waals surface area contributed by atoms with Crippen LogP contribution in [-0.2, 0) is 6.54 Å². The Morgan fingerprint density at radius 3 is 2.65 bits per heavy atom. The van der Waals surface area contributed by atoms with E-state index in [0.717, 1.165) is 17.7 Å². The van der Waals surface area contributed by atoms with Gasteiger partial charge in [0.15, 0.2) is 0 Å². The molecule has 17 heavy (non-hydrogen) atoms. The fourth-order valence-electron chi connectivity index (χ4n) is 2.11. The number of nitrogens with zero attached hydrogens (tertiary/aromatic N) is 2. The average Bonchev–Trinajstić information content (AvgIpc) is 2.20. The van der Waals surface area contributed by atoms with Crippen LogP contribution in [0.2, 0.25) is 10.2 Å². The first kappa shape index (κ1) is 13.1. The van der Waals surface area contributed by atoms with Gasteiger partial charge in [0.2, 0.25) is 0 Å². The number of pyridine rings is 1. The third-order valence-corrected chi connectivity index (χ3v) is 3.87. The van der Waals surface area contributed by atoms with Crippen LogP contribution in [0.5, 0.6) is 0 Å². The van der Waals surface area contributed by atoms with Crippen LogP contribution in [0.4, 0.5) is 0 Å². The number of aliphatic hydroxyl groups is 1. The van der Waals surface area contributed by atoms with Crippen LogP contribution in [0.1, 0.15) is 24.6 Å². The summed E-state index contributed by atoms with van der Waals surface area (Å²) in [7, 11) is 0. The van der Waals surface area contributed by atoms with E-state index in [9.17, 15) is 5.11 Å². The number of aryl methyl sites for hydroxylation is 1. The summed E-state index contributed by atoms with van der Waals surface area (Å²) < 4.78 is 0. The van der Waals surface area contributed by atoms with E-state index in [0.29, 0.717) is 29.8 Å². The summed E-state index contributed by atoms with van der Waals surface area (Å²) in [6.07, 6.45) is 0.775. The highest BCUT2D eigenvalue weighted by Gasteiger charge is 2.39. The van der Waals surface area contributed by atoms with Crippen molar-refractivity contribution in [1.82, 2.24) is 9.88 Å². The highest BCUT2D eigenvalue weighted by molar-refractivity contribution is 6.35. The number of hydrogen-bond acceptors (Lipinski definition) is 3. The number of rotatable bonds is 3. The molecule has 1 aliphatic rings. The van der Waals surface area contributed by atoms with Gasteiger partial charge in [-0.1, -0.05) is 30.1 Å². The molecule has 0 radical (unpaired) electrons. The molecule has 0 amide bonds. The molecule has 1 aromatic rings. The second kappa shape index (κ2) is 4.73. The SMILES string of the molecule is CCC1(O)CN(Cc2c(Cl)cc(C)nc2Cl)C1. The van der Waals surface area contributed by atoms with Gasteiger partial charge in [0, 0.05) is 35.9 Å². The molecule has 1 N–H and O–H groups in total. The van der Waals surface area contributed by atoms with Crippen molar-refractivity contribution in [2.24, 2.45) is 0 Å². The maximum atomic E-state index is 9.93. The zero-order chi connectivity index (χ0) is 12.6. The van der Waals surface area contributed by atoms with Gasteiger partial charge >= 0.3 is 0 Å². The lowest BCUT2D eigenvalue weighted by molar-refractivity contribution is -0.103. The zero-order valence-electron chi connectivity index (χ0n) is 10.0. The Bertz CT molecular complexity index is 408. The lowest BCUT2D eigenvalue weighted by atomic mass is 9.91. The van der Waals surface area contributed by atoms with E-state index in [4.69, 9.17) is 23.2 Å². The van der Waals surface area contributed by atoms with E-state index in [1.165, 1.54) is 0 Å². The van der Waals surface area contributed by atoms with E-state index in [-0.39, 0.29) is 0 Å². The molecule has 0 saturated carbocycles. The fourth-order valence-corrected chi connectivity index (χ4v) is 2.76. The van der Waals surface area contributed by atoms with Crippen LogP contribution in [0.3, 0.4) is 0 Å². The van der Waals surface area contributed by atoms with Crippen molar-refractivity contribution in [2.75, 3.05) is 13.1 Å². The average molecular weight is 275 g/mol. The molecule has 0 atom stereocenters. The Kier molecular flexibility index (Phi) is 3.64. The van der Waals surface area contributed by atoms with Crippen molar-refractivity contribution in [3.63, 3.8) is 0 Å². The monoisotopic (exact) mass is 274 g/mol. The first-order valence-electron chi connectivity index (χ1n) is 5.70. The molecule has 1 aliphatic heterocycles. The molecule has 94 valence electrons. The van der Waals surface area contributed by atoms with Crippen molar-refractivity contribution in [3.8, 4) is 0 Å². The van der Waals surface area contributed by atoms with Gasteiger partial charge in [-0.25, -0.2) is 4.98 Å². The first-order chi connectivity index (χ1) is 7.93. The predicted octanol–water partition coefficient (Wildman–Crippen LogP) is 2.65. The summed E-state index contributed by atoms with van der Waals surface area (Å²) in [5.74, 6) is 0. The Balaban J connectivity index is 2.06. The molecule has 0 bridgehead atoms. The molecule has 1 fully saturated rings. The van der Waals surface area contributed by atoms with Gasteiger partial charge in [0.05, 0.1) is 5.60 Å². The normalized spacial score (nSPS) is 19.1. The summed E-state index contributed by atoms with van der Waals surface area (Å²) in [5, 5.41) is 11.0. The first-order valence-corrected chi connectivity index (χ1v) is 6.45. The van der Waals surface area contributed by atoms with Gasteiger partial charge in [-0.15, -0.1) is 0 Å². The summed E-state index contributed by atoms with van der Waals surface area (Å²) in [6.45, 7) is 5.84. The van der Waals surface area contributed by atoms with Crippen LogP contribution in [-0.4, -0.2) is 33.7 Å². The van der Waals surface area contributed by atoms with Gasteiger partial charge in [-0.05, 0) is 19.4 Å². The van der Waals surface area contributed by atoms with Gasteiger partial charge in [-0.2, -0.15) is 0 Å². The highest BCUT2D eigenvalue weighted by Crippen LogP contribution is 2.30. The van der Waals surface area contributed by atoms with Crippen molar-refractivity contribution in [3.05, 3.63) is 27.5 Å². The van der Waals surface area contributed by atoms with Gasteiger partial charge in [0.25, 0.3) is 0 Å². The lowest BCUT2D eigenvalue weighted by Crippen LogP contribution is -2.60. The van der Waals surface area contributed by atoms with Crippen molar-refractivity contribution in [2.45, 2.75) is 32.4 Å². The third kappa shape index (κ3) is 2.74. The van der Waals surface area contributed by atoms with Crippen molar-refractivity contribution in [1.29, 1.82) is 0 Å². The smallest absolute Gasteiger partial charge is 0.135 e. The molecular formula is C12H16Cl2N2O. The van der Waals surface area contributed by atoms with Crippen LogP contribution < -0.4 is 0 Å². The molecule has 0 aromatic carbocycles. The number of aromatic nitrogens is 1. The van der Waals surface area contributed by atoms with Gasteiger partial charge < -0.3 is 5.11 Å². The quantitative estimate of drug-likeness (QED) is 0.861. The van der Waals surface area contributed by atoms with Gasteiger partial charge in [0.1, 0.15) is 5.15 Å². The van der Waals surface area contributed by atoms with Gasteiger partial charge in [-0.3, -0.25) is 4.90 Å². The molecule has 2 rings (SSSR count). The Labute approximate surface area is 111 Å². The highest BCUT2D eigenvalue weighted by atomic mass is 35.5. The molecule has 0 unspecified atom stereocenters. The largest absolute Gasteiger partial charge is 0.387 e. The van der Waals surface area contributed by atoms with Crippen molar-refractivity contribution < 1.29 is 5.11 Å². The molecule has 1 saturated heterocycles. The lowest BCUT2D eigenvalue weighted by Gasteiger charge is -2.46. The van der Waals surface area contributed by atoms with Crippen LogP contribution in [0.25, 0.3) is 0 Å². The minimum atomic E-state index is -0.531. The van der Waals surface area contributed by atoms with E-state index in [1.54, 1.807) is 0 Å². The zero-order valence-corrected chi connectivity index (χ0v) is 11.5. The standard InChI is InChI=1S/C12H16Cl2N2O/c1-3-12(17)6-16(7-12)5-9-10(13)4-8(2)15-11(9)14/h4,17H,3,5-7H2,1-2H3. The molecular weight excluding hydrogens is 259 g/mol.